The Kier molecular flexibility index (Phi) is 3.14. The minimum atomic E-state index is -0.0537. The van der Waals surface area contributed by atoms with Crippen molar-refractivity contribution in [3.63, 3.8) is 0 Å². The predicted molar refractivity (Wildman–Crippen MR) is 51.8 cm³/mol. The second-order valence-corrected chi connectivity index (χ2v) is 3.12. The van der Waals surface area contributed by atoms with Gasteiger partial charge in [0.15, 0.2) is 11.5 Å². The molecule has 1 rings (SSSR count). The summed E-state index contributed by atoms with van der Waals surface area (Å²) in [4.78, 5) is 2.05. The lowest BCUT2D eigenvalue weighted by molar-refractivity contribution is 0.332. The summed E-state index contributed by atoms with van der Waals surface area (Å²) in [6, 6.07) is 5.01. The third-order valence-electron chi connectivity index (χ3n) is 2.08. The van der Waals surface area contributed by atoms with Crippen molar-refractivity contribution < 1.29 is 10.2 Å². The standard InChI is InChI=1S/C10H15NO2/c1-3-11(2)7-8-5-4-6-9(12)10(8)13/h4-6,12-13H,3,7H2,1-2H3. The van der Waals surface area contributed by atoms with Gasteiger partial charge in [0.05, 0.1) is 0 Å². The van der Waals surface area contributed by atoms with Gasteiger partial charge in [-0.15, -0.1) is 0 Å². The van der Waals surface area contributed by atoms with Crippen LogP contribution in [0.1, 0.15) is 12.5 Å². The Morgan fingerprint density at radius 2 is 2.00 bits per heavy atom. The number of hydrogen-bond donors (Lipinski definition) is 2. The van der Waals surface area contributed by atoms with E-state index in [2.05, 4.69) is 4.90 Å². The number of phenolic OH excluding ortho intramolecular Hbond substituents is 2. The molecule has 0 unspecified atom stereocenters. The molecule has 0 radical (unpaired) electrons. The second-order valence-electron chi connectivity index (χ2n) is 3.12. The van der Waals surface area contributed by atoms with E-state index < -0.39 is 0 Å². The van der Waals surface area contributed by atoms with Gasteiger partial charge in [0.2, 0.25) is 0 Å². The molecule has 0 atom stereocenters. The Hall–Kier alpha value is -1.22. The molecule has 0 aliphatic carbocycles. The number of aromatic hydroxyl groups is 2. The van der Waals surface area contributed by atoms with Crippen molar-refractivity contribution in [3.05, 3.63) is 23.8 Å². The Morgan fingerprint density at radius 1 is 1.31 bits per heavy atom. The summed E-state index contributed by atoms with van der Waals surface area (Å²) in [5.41, 5.74) is 0.754. The molecule has 0 aliphatic rings. The van der Waals surface area contributed by atoms with Gasteiger partial charge in [-0.05, 0) is 19.7 Å². The van der Waals surface area contributed by atoms with Crippen molar-refractivity contribution >= 4 is 0 Å². The quantitative estimate of drug-likeness (QED) is 0.695. The van der Waals surface area contributed by atoms with Gasteiger partial charge in [0.1, 0.15) is 0 Å². The molecule has 2 N–H and O–H groups in total. The van der Waals surface area contributed by atoms with Gasteiger partial charge in [-0.1, -0.05) is 19.1 Å². The fraction of sp³-hybridized carbons (Fsp3) is 0.400. The van der Waals surface area contributed by atoms with Crippen molar-refractivity contribution in [2.24, 2.45) is 0 Å². The van der Waals surface area contributed by atoms with E-state index in [1.54, 1.807) is 12.1 Å². The van der Waals surface area contributed by atoms with Crippen LogP contribution in [0.25, 0.3) is 0 Å². The van der Waals surface area contributed by atoms with E-state index in [-0.39, 0.29) is 11.5 Å². The van der Waals surface area contributed by atoms with Crippen LogP contribution in [0.2, 0.25) is 0 Å². The molecule has 0 fully saturated rings. The van der Waals surface area contributed by atoms with Crippen molar-refractivity contribution in [3.8, 4) is 11.5 Å². The Morgan fingerprint density at radius 3 is 2.62 bits per heavy atom. The first-order valence-corrected chi connectivity index (χ1v) is 4.33. The zero-order valence-corrected chi connectivity index (χ0v) is 7.99. The van der Waals surface area contributed by atoms with E-state index in [4.69, 9.17) is 0 Å². The third kappa shape index (κ3) is 2.36. The lowest BCUT2D eigenvalue weighted by Gasteiger charge is -2.14. The summed E-state index contributed by atoms with van der Waals surface area (Å²) in [7, 11) is 1.96. The fourth-order valence-corrected chi connectivity index (χ4v) is 1.11. The van der Waals surface area contributed by atoms with Crippen LogP contribution in [-0.4, -0.2) is 28.7 Å². The maximum Gasteiger partial charge on any atom is 0.161 e. The molecule has 0 amide bonds. The number of benzene rings is 1. The van der Waals surface area contributed by atoms with E-state index >= 15 is 0 Å². The highest BCUT2D eigenvalue weighted by Gasteiger charge is 2.06. The van der Waals surface area contributed by atoms with Crippen LogP contribution in [0.15, 0.2) is 18.2 Å². The zero-order chi connectivity index (χ0) is 9.84. The normalized spacial score (nSPS) is 10.7. The summed E-state index contributed by atoms with van der Waals surface area (Å²) in [5, 5.41) is 18.7. The van der Waals surface area contributed by atoms with Crippen LogP contribution in [0.3, 0.4) is 0 Å². The summed E-state index contributed by atoms with van der Waals surface area (Å²) < 4.78 is 0. The molecule has 3 nitrogen and oxygen atoms in total. The van der Waals surface area contributed by atoms with Gasteiger partial charge in [-0.2, -0.15) is 0 Å². The SMILES string of the molecule is CCN(C)Cc1cccc(O)c1O. The molecule has 0 aliphatic heterocycles. The summed E-state index contributed by atoms with van der Waals surface area (Å²) in [6.07, 6.45) is 0. The highest BCUT2D eigenvalue weighted by molar-refractivity contribution is 5.44. The number of para-hydroxylation sites is 1. The van der Waals surface area contributed by atoms with Crippen LogP contribution in [0, 0.1) is 0 Å². The van der Waals surface area contributed by atoms with Crippen LogP contribution in [-0.2, 0) is 6.54 Å². The lowest BCUT2D eigenvalue weighted by Crippen LogP contribution is -2.16. The molecular weight excluding hydrogens is 166 g/mol. The van der Waals surface area contributed by atoms with Crippen molar-refractivity contribution in [2.45, 2.75) is 13.5 Å². The van der Waals surface area contributed by atoms with Crippen LogP contribution in [0.4, 0.5) is 0 Å². The third-order valence-corrected chi connectivity index (χ3v) is 2.08. The summed E-state index contributed by atoms with van der Waals surface area (Å²) in [6.45, 7) is 3.60. The van der Waals surface area contributed by atoms with E-state index in [1.807, 2.05) is 14.0 Å². The van der Waals surface area contributed by atoms with E-state index in [0.717, 1.165) is 12.1 Å². The maximum atomic E-state index is 9.47. The molecule has 0 heterocycles. The van der Waals surface area contributed by atoms with Crippen molar-refractivity contribution in [1.29, 1.82) is 0 Å². The van der Waals surface area contributed by atoms with Crippen molar-refractivity contribution in [1.82, 2.24) is 4.90 Å². The first-order chi connectivity index (χ1) is 6.15. The van der Waals surface area contributed by atoms with E-state index in [1.165, 1.54) is 6.07 Å². The van der Waals surface area contributed by atoms with Crippen LogP contribution < -0.4 is 0 Å². The number of nitrogens with zero attached hydrogens (tertiary/aromatic N) is 1. The average Bonchev–Trinajstić information content (AvgIpc) is 2.13. The number of hydrogen-bond acceptors (Lipinski definition) is 3. The highest BCUT2D eigenvalue weighted by Crippen LogP contribution is 2.28. The smallest absolute Gasteiger partial charge is 0.161 e. The van der Waals surface area contributed by atoms with Gasteiger partial charge in [0, 0.05) is 12.1 Å². The molecule has 0 saturated heterocycles. The van der Waals surface area contributed by atoms with Gasteiger partial charge in [-0.25, -0.2) is 0 Å². The molecule has 0 spiro atoms. The van der Waals surface area contributed by atoms with Gasteiger partial charge < -0.3 is 15.1 Å². The summed E-state index contributed by atoms with van der Waals surface area (Å²) >= 11 is 0. The molecule has 72 valence electrons. The molecule has 1 aromatic carbocycles. The van der Waals surface area contributed by atoms with Gasteiger partial charge in [-0.3, -0.25) is 0 Å². The minimum absolute atomic E-state index is 0.0113. The predicted octanol–water partition coefficient (Wildman–Crippen LogP) is 1.55. The fourth-order valence-electron chi connectivity index (χ4n) is 1.11. The molecule has 0 bridgehead atoms. The first-order valence-electron chi connectivity index (χ1n) is 4.33. The largest absolute Gasteiger partial charge is 0.504 e. The number of rotatable bonds is 3. The van der Waals surface area contributed by atoms with Gasteiger partial charge in [0.25, 0.3) is 0 Å². The molecule has 13 heavy (non-hydrogen) atoms. The topological polar surface area (TPSA) is 43.7 Å². The van der Waals surface area contributed by atoms with E-state index in [0.29, 0.717) is 6.54 Å². The molecule has 0 saturated carbocycles. The minimum Gasteiger partial charge on any atom is -0.504 e. The summed E-state index contributed by atoms with van der Waals surface area (Å²) in [5.74, 6) is -0.0650. The Labute approximate surface area is 78.2 Å². The Bertz CT molecular complexity index is 286. The van der Waals surface area contributed by atoms with Crippen LogP contribution >= 0.6 is 0 Å². The first kappa shape index (κ1) is 9.86. The molecule has 1 aromatic rings. The maximum absolute atomic E-state index is 9.47. The Balaban J connectivity index is 2.83. The van der Waals surface area contributed by atoms with E-state index in [9.17, 15) is 10.2 Å². The lowest BCUT2D eigenvalue weighted by atomic mass is 10.2. The number of phenols is 2. The molecule has 0 aromatic heterocycles. The van der Waals surface area contributed by atoms with Gasteiger partial charge >= 0.3 is 0 Å². The zero-order valence-electron chi connectivity index (χ0n) is 7.99. The molecule has 3 heteroatoms. The van der Waals surface area contributed by atoms with Crippen molar-refractivity contribution in [2.75, 3.05) is 13.6 Å². The second kappa shape index (κ2) is 4.14. The average molecular weight is 181 g/mol. The molecular formula is C10H15NO2. The monoisotopic (exact) mass is 181 g/mol. The van der Waals surface area contributed by atoms with Crippen LogP contribution in [0.5, 0.6) is 11.5 Å². The highest BCUT2D eigenvalue weighted by atomic mass is 16.3.